The van der Waals surface area contributed by atoms with Crippen molar-refractivity contribution in [3.05, 3.63) is 50.2 Å². The van der Waals surface area contributed by atoms with Crippen molar-refractivity contribution in [1.82, 2.24) is 10.3 Å². The van der Waals surface area contributed by atoms with Crippen LogP contribution in [0, 0.1) is 5.82 Å². The highest BCUT2D eigenvalue weighted by molar-refractivity contribution is 7.11. The fraction of sp³-hybridized carbons (Fsp3) is 0.438. The summed E-state index contributed by atoms with van der Waals surface area (Å²) in [5.41, 5.74) is 1.76. The van der Waals surface area contributed by atoms with Gasteiger partial charge < -0.3 is 5.32 Å². The molecule has 1 N–H and O–H groups in total. The Morgan fingerprint density at radius 2 is 2.33 bits per heavy atom. The van der Waals surface area contributed by atoms with Crippen LogP contribution in [-0.2, 0) is 12.8 Å². The predicted octanol–water partition coefficient (Wildman–Crippen LogP) is 4.17. The third-order valence-corrected chi connectivity index (χ3v) is 5.44. The number of halogens is 2. The summed E-state index contributed by atoms with van der Waals surface area (Å²) in [5, 5.41) is 4.69. The van der Waals surface area contributed by atoms with E-state index in [1.54, 1.807) is 23.5 Å². The largest absolute Gasteiger partial charge is 0.319 e. The van der Waals surface area contributed by atoms with E-state index in [1.165, 1.54) is 29.5 Å². The monoisotopic (exact) mass is 324 g/mol. The molecule has 1 atom stereocenters. The Bertz CT molecular complexity index is 621. The number of likely N-dealkylation sites (N-methyl/N-ethyl adjacent to an activating group) is 1. The summed E-state index contributed by atoms with van der Waals surface area (Å²) >= 11 is 7.82. The lowest BCUT2D eigenvalue weighted by molar-refractivity contribution is 0.522. The molecule has 0 amide bonds. The van der Waals surface area contributed by atoms with Crippen molar-refractivity contribution in [2.75, 3.05) is 13.6 Å². The highest BCUT2D eigenvalue weighted by atomic mass is 35.5. The van der Waals surface area contributed by atoms with Gasteiger partial charge in [-0.15, -0.1) is 11.3 Å². The van der Waals surface area contributed by atoms with Crippen molar-refractivity contribution in [2.45, 2.75) is 31.6 Å². The Morgan fingerprint density at radius 1 is 1.48 bits per heavy atom. The first-order chi connectivity index (χ1) is 10.2. The summed E-state index contributed by atoms with van der Waals surface area (Å²) in [6.07, 6.45) is 3.96. The molecule has 0 saturated carbocycles. The number of hydrogen-bond acceptors (Lipinski definition) is 3. The van der Waals surface area contributed by atoms with Gasteiger partial charge in [0.05, 0.1) is 10.7 Å². The highest BCUT2D eigenvalue weighted by Crippen LogP contribution is 2.35. The van der Waals surface area contributed by atoms with Crippen molar-refractivity contribution >= 4 is 22.9 Å². The van der Waals surface area contributed by atoms with E-state index >= 15 is 0 Å². The molecular formula is C16H18ClFN2S. The zero-order valence-corrected chi connectivity index (χ0v) is 13.5. The van der Waals surface area contributed by atoms with Crippen LogP contribution in [0.25, 0.3) is 0 Å². The second-order valence-electron chi connectivity index (χ2n) is 5.44. The van der Waals surface area contributed by atoms with Gasteiger partial charge >= 0.3 is 0 Å². The molecule has 0 aliphatic heterocycles. The van der Waals surface area contributed by atoms with Gasteiger partial charge in [-0.1, -0.05) is 17.7 Å². The topological polar surface area (TPSA) is 24.9 Å². The number of aromatic nitrogens is 1. The van der Waals surface area contributed by atoms with Gasteiger partial charge in [-0.05, 0) is 38.4 Å². The molecule has 1 aliphatic carbocycles. The molecule has 0 spiro atoms. The van der Waals surface area contributed by atoms with Crippen molar-refractivity contribution in [3.63, 3.8) is 0 Å². The Kier molecular flexibility index (Phi) is 4.57. The number of nitrogens with one attached hydrogen (secondary N) is 1. The zero-order chi connectivity index (χ0) is 14.8. The smallest absolute Gasteiger partial charge is 0.128 e. The van der Waals surface area contributed by atoms with E-state index in [0.717, 1.165) is 18.0 Å². The third-order valence-electron chi connectivity index (χ3n) is 3.96. The molecular weight excluding hydrogens is 307 g/mol. The quantitative estimate of drug-likeness (QED) is 0.913. The molecule has 1 unspecified atom stereocenters. The number of aryl methyl sites for hydroxylation is 1. The second-order valence-corrected chi connectivity index (χ2v) is 7.02. The van der Waals surface area contributed by atoms with Crippen molar-refractivity contribution in [3.8, 4) is 0 Å². The van der Waals surface area contributed by atoms with Crippen LogP contribution in [0.15, 0.2) is 18.2 Å². The van der Waals surface area contributed by atoms with E-state index in [9.17, 15) is 4.39 Å². The van der Waals surface area contributed by atoms with Gasteiger partial charge in [-0.2, -0.15) is 0 Å². The standard InChI is InChI=1S/C16H18ClFN2S/c1-19-9-10-4-2-7-14-16(10)20-15(21-14)8-11-12(17)5-3-6-13(11)18/h3,5-6,10,19H,2,4,7-9H2,1H3. The fourth-order valence-corrected chi connectivity index (χ4v) is 4.37. The lowest BCUT2D eigenvalue weighted by Gasteiger charge is -2.20. The Hall–Kier alpha value is -0.970. The number of thiazole rings is 1. The molecule has 5 heteroatoms. The van der Waals surface area contributed by atoms with E-state index in [-0.39, 0.29) is 5.82 Å². The van der Waals surface area contributed by atoms with Crippen LogP contribution in [0.1, 0.15) is 39.9 Å². The van der Waals surface area contributed by atoms with Crippen LogP contribution in [0.5, 0.6) is 0 Å². The minimum atomic E-state index is -0.248. The van der Waals surface area contributed by atoms with Crippen LogP contribution >= 0.6 is 22.9 Å². The second kappa shape index (κ2) is 6.42. The zero-order valence-electron chi connectivity index (χ0n) is 12.0. The van der Waals surface area contributed by atoms with E-state index in [4.69, 9.17) is 16.6 Å². The first-order valence-electron chi connectivity index (χ1n) is 7.25. The minimum Gasteiger partial charge on any atom is -0.319 e. The number of rotatable bonds is 4. The molecule has 0 saturated heterocycles. The molecule has 1 aliphatic rings. The molecule has 3 rings (SSSR count). The average molecular weight is 325 g/mol. The van der Waals surface area contributed by atoms with Crippen LogP contribution in [0.4, 0.5) is 4.39 Å². The van der Waals surface area contributed by atoms with E-state index < -0.39 is 0 Å². The lowest BCUT2D eigenvalue weighted by Crippen LogP contribution is -2.21. The van der Waals surface area contributed by atoms with Gasteiger partial charge in [0, 0.05) is 34.3 Å². The average Bonchev–Trinajstić information content (AvgIpc) is 2.87. The number of nitrogens with zero attached hydrogens (tertiary/aromatic N) is 1. The molecule has 2 nitrogen and oxygen atoms in total. The summed E-state index contributed by atoms with van der Waals surface area (Å²) < 4.78 is 13.9. The molecule has 1 aromatic heterocycles. The normalized spacial score (nSPS) is 17.8. The van der Waals surface area contributed by atoms with Crippen molar-refractivity contribution < 1.29 is 4.39 Å². The van der Waals surface area contributed by atoms with Gasteiger partial charge in [0.15, 0.2) is 0 Å². The van der Waals surface area contributed by atoms with E-state index in [1.807, 2.05) is 7.05 Å². The lowest BCUT2D eigenvalue weighted by atomic mass is 9.91. The molecule has 0 fully saturated rings. The first-order valence-corrected chi connectivity index (χ1v) is 8.44. The molecule has 1 aromatic carbocycles. The molecule has 0 bridgehead atoms. The van der Waals surface area contributed by atoms with Gasteiger partial charge in [-0.25, -0.2) is 9.37 Å². The van der Waals surface area contributed by atoms with Crippen LogP contribution in [0.3, 0.4) is 0 Å². The molecule has 0 radical (unpaired) electrons. The summed E-state index contributed by atoms with van der Waals surface area (Å²) in [5.74, 6) is 0.238. The van der Waals surface area contributed by atoms with Crippen LogP contribution in [0.2, 0.25) is 5.02 Å². The number of fused-ring (bicyclic) bond motifs is 1. The first kappa shape index (κ1) is 14.9. The van der Waals surface area contributed by atoms with Crippen LogP contribution < -0.4 is 5.32 Å². The molecule has 112 valence electrons. The van der Waals surface area contributed by atoms with E-state index in [0.29, 0.717) is 22.9 Å². The maximum Gasteiger partial charge on any atom is 0.128 e. The van der Waals surface area contributed by atoms with Crippen molar-refractivity contribution in [2.24, 2.45) is 0 Å². The molecule has 2 aromatic rings. The Balaban J connectivity index is 1.88. The maximum absolute atomic E-state index is 13.9. The van der Waals surface area contributed by atoms with Gasteiger partial charge in [0.2, 0.25) is 0 Å². The summed E-state index contributed by atoms with van der Waals surface area (Å²) in [6.45, 7) is 0.955. The minimum absolute atomic E-state index is 0.248. The summed E-state index contributed by atoms with van der Waals surface area (Å²) in [7, 11) is 1.97. The van der Waals surface area contributed by atoms with Gasteiger partial charge in [-0.3, -0.25) is 0 Å². The van der Waals surface area contributed by atoms with E-state index in [2.05, 4.69) is 5.32 Å². The molecule has 21 heavy (non-hydrogen) atoms. The summed E-state index contributed by atoms with van der Waals surface area (Å²) in [6, 6.07) is 4.83. The van der Waals surface area contributed by atoms with Gasteiger partial charge in [0.25, 0.3) is 0 Å². The maximum atomic E-state index is 13.9. The number of hydrogen-bond donors (Lipinski definition) is 1. The van der Waals surface area contributed by atoms with Crippen LogP contribution in [-0.4, -0.2) is 18.6 Å². The highest BCUT2D eigenvalue weighted by Gasteiger charge is 2.24. The van der Waals surface area contributed by atoms with Crippen molar-refractivity contribution in [1.29, 1.82) is 0 Å². The molecule has 1 heterocycles. The SMILES string of the molecule is CNCC1CCCc2sc(Cc3c(F)cccc3Cl)nc21. The Labute approximate surface area is 133 Å². The third kappa shape index (κ3) is 3.12. The predicted molar refractivity (Wildman–Crippen MR) is 85.9 cm³/mol. The fourth-order valence-electron chi connectivity index (χ4n) is 2.93. The Morgan fingerprint density at radius 3 is 3.10 bits per heavy atom. The van der Waals surface area contributed by atoms with Gasteiger partial charge in [0.1, 0.15) is 5.82 Å². The number of benzene rings is 1. The summed E-state index contributed by atoms with van der Waals surface area (Å²) in [4.78, 5) is 6.15.